The quantitative estimate of drug-likeness (QED) is 0.318. The standard InChI is InChI=1S/C26H42N3O8P/c1-7-10-19-34-25(32)29-17-15-28(16-18-29)23(30)22(27-24(31)37-26(4,5)6)20-11-13-21(14-12-20)38(33,35-8-2)36-9-3/h11-14,22H,7-10,15-19H2,1-6H3,(H,27,31). The van der Waals surface area contributed by atoms with Crippen molar-refractivity contribution in [2.24, 2.45) is 0 Å². The molecule has 1 N–H and O–H groups in total. The average Bonchev–Trinajstić information content (AvgIpc) is 2.86. The Hall–Kier alpha value is -2.62. The van der Waals surface area contributed by atoms with E-state index in [0.717, 1.165) is 12.8 Å². The smallest absolute Gasteiger partial charge is 0.409 e. The van der Waals surface area contributed by atoms with Gasteiger partial charge in [-0.05, 0) is 58.7 Å². The lowest BCUT2D eigenvalue weighted by Gasteiger charge is -2.36. The lowest BCUT2D eigenvalue weighted by Crippen LogP contribution is -2.53. The molecule has 1 aliphatic rings. The summed E-state index contributed by atoms with van der Waals surface area (Å²) in [4.78, 5) is 41.7. The molecule has 1 aromatic carbocycles. The van der Waals surface area contributed by atoms with Gasteiger partial charge < -0.3 is 33.6 Å². The molecular weight excluding hydrogens is 513 g/mol. The topological polar surface area (TPSA) is 124 Å². The second kappa shape index (κ2) is 14.5. The van der Waals surface area contributed by atoms with Crippen molar-refractivity contribution in [3.05, 3.63) is 29.8 Å². The number of unbranched alkanes of at least 4 members (excludes halogenated alkanes) is 1. The lowest BCUT2D eigenvalue weighted by molar-refractivity contribution is -0.135. The first-order valence-electron chi connectivity index (χ1n) is 13.1. The predicted octanol–water partition coefficient (Wildman–Crippen LogP) is 4.22. The Morgan fingerprint density at radius 3 is 2.00 bits per heavy atom. The summed E-state index contributed by atoms with van der Waals surface area (Å²) in [6.07, 6.45) is 0.591. The van der Waals surface area contributed by atoms with Crippen molar-refractivity contribution < 1.29 is 37.5 Å². The molecule has 0 radical (unpaired) electrons. The van der Waals surface area contributed by atoms with Crippen LogP contribution in [0.3, 0.4) is 0 Å². The molecule has 1 heterocycles. The first kappa shape index (κ1) is 31.6. The lowest BCUT2D eigenvalue weighted by atomic mass is 10.1. The van der Waals surface area contributed by atoms with Crippen LogP contribution in [0.15, 0.2) is 24.3 Å². The van der Waals surface area contributed by atoms with Gasteiger partial charge >= 0.3 is 19.8 Å². The normalized spacial score (nSPS) is 15.1. The first-order chi connectivity index (χ1) is 17.9. The molecule has 0 saturated carbocycles. The van der Waals surface area contributed by atoms with Crippen LogP contribution in [0, 0.1) is 0 Å². The third-order valence-corrected chi connectivity index (χ3v) is 7.75. The third kappa shape index (κ3) is 9.29. The predicted molar refractivity (Wildman–Crippen MR) is 143 cm³/mol. The van der Waals surface area contributed by atoms with Crippen LogP contribution in [0.1, 0.15) is 66.0 Å². The monoisotopic (exact) mass is 555 g/mol. The van der Waals surface area contributed by atoms with E-state index in [0.29, 0.717) is 30.6 Å². The highest BCUT2D eigenvalue weighted by Gasteiger charge is 2.33. The molecule has 1 atom stereocenters. The molecule has 0 aliphatic carbocycles. The van der Waals surface area contributed by atoms with Gasteiger partial charge in [0, 0.05) is 26.2 Å². The van der Waals surface area contributed by atoms with Crippen molar-refractivity contribution in [2.75, 3.05) is 46.0 Å². The van der Waals surface area contributed by atoms with Crippen LogP contribution in [0.5, 0.6) is 0 Å². The van der Waals surface area contributed by atoms with Crippen LogP contribution >= 0.6 is 7.60 Å². The van der Waals surface area contributed by atoms with E-state index in [4.69, 9.17) is 18.5 Å². The Bertz CT molecular complexity index is 962. The van der Waals surface area contributed by atoms with Crippen molar-refractivity contribution in [2.45, 2.75) is 66.0 Å². The van der Waals surface area contributed by atoms with Gasteiger partial charge in [-0.15, -0.1) is 0 Å². The van der Waals surface area contributed by atoms with Crippen molar-refractivity contribution in [1.29, 1.82) is 0 Å². The van der Waals surface area contributed by atoms with Crippen molar-refractivity contribution in [1.82, 2.24) is 15.1 Å². The number of amides is 3. The van der Waals surface area contributed by atoms with Crippen LogP contribution in [0.4, 0.5) is 9.59 Å². The van der Waals surface area contributed by atoms with Gasteiger partial charge in [-0.3, -0.25) is 9.36 Å². The zero-order valence-electron chi connectivity index (χ0n) is 23.4. The van der Waals surface area contributed by atoms with Gasteiger partial charge in [0.25, 0.3) is 0 Å². The average molecular weight is 556 g/mol. The summed E-state index contributed by atoms with van der Waals surface area (Å²) >= 11 is 0. The molecule has 1 unspecified atom stereocenters. The van der Waals surface area contributed by atoms with Crippen LogP contribution < -0.4 is 10.6 Å². The van der Waals surface area contributed by atoms with Crippen molar-refractivity contribution in [3.8, 4) is 0 Å². The van der Waals surface area contributed by atoms with Gasteiger partial charge in [-0.2, -0.15) is 0 Å². The van der Waals surface area contributed by atoms with E-state index in [9.17, 15) is 18.9 Å². The van der Waals surface area contributed by atoms with E-state index in [1.54, 1.807) is 68.7 Å². The number of hydrogen-bond donors (Lipinski definition) is 1. The van der Waals surface area contributed by atoms with Crippen LogP contribution in [-0.4, -0.2) is 79.5 Å². The number of rotatable bonds is 11. The zero-order valence-corrected chi connectivity index (χ0v) is 24.3. The van der Waals surface area contributed by atoms with E-state index in [1.807, 2.05) is 6.92 Å². The molecule has 0 bridgehead atoms. The van der Waals surface area contributed by atoms with Crippen LogP contribution in [0.25, 0.3) is 0 Å². The van der Waals surface area contributed by atoms with Crippen LogP contribution in [-0.2, 0) is 27.9 Å². The summed E-state index contributed by atoms with van der Waals surface area (Å²) in [6.45, 7) is 12.7. The number of carbonyl (C=O) groups is 3. The van der Waals surface area contributed by atoms with E-state index >= 15 is 0 Å². The maximum absolute atomic E-state index is 13.6. The Morgan fingerprint density at radius 2 is 1.50 bits per heavy atom. The second-order valence-corrected chi connectivity index (χ2v) is 11.8. The highest BCUT2D eigenvalue weighted by molar-refractivity contribution is 7.62. The Kier molecular flexibility index (Phi) is 12.1. The van der Waals surface area contributed by atoms with E-state index in [1.165, 1.54) is 0 Å². The molecule has 1 saturated heterocycles. The fourth-order valence-electron chi connectivity index (χ4n) is 3.78. The number of piperazine rings is 1. The minimum atomic E-state index is -3.51. The largest absolute Gasteiger partial charge is 0.449 e. The number of carbonyl (C=O) groups excluding carboxylic acids is 3. The zero-order chi connectivity index (χ0) is 28.3. The molecule has 2 rings (SSSR count). The minimum Gasteiger partial charge on any atom is -0.449 e. The third-order valence-electron chi connectivity index (χ3n) is 5.62. The SMILES string of the molecule is CCCCOC(=O)N1CCN(C(=O)C(NC(=O)OC(C)(C)C)c2ccc(P(=O)(OCC)OCC)cc2)CC1. The molecular formula is C26H42N3O8P. The summed E-state index contributed by atoms with van der Waals surface area (Å²) < 4.78 is 34.6. The van der Waals surface area contributed by atoms with Gasteiger partial charge in [0.05, 0.1) is 25.1 Å². The van der Waals surface area contributed by atoms with E-state index in [2.05, 4.69) is 5.32 Å². The number of nitrogens with zero attached hydrogens (tertiary/aromatic N) is 2. The summed E-state index contributed by atoms with van der Waals surface area (Å²) in [5, 5.41) is 3.03. The van der Waals surface area contributed by atoms with E-state index in [-0.39, 0.29) is 32.2 Å². The summed E-state index contributed by atoms with van der Waals surface area (Å²) in [6, 6.07) is 5.31. The minimum absolute atomic E-state index is 0.207. The van der Waals surface area contributed by atoms with E-state index < -0.39 is 31.4 Å². The van der Waals surface area contributed by atoms with Gasteiger partial charge in [-0.1, -0.05) is 25.5 Å². The van der Waals surface area contributed by atoms with Gasteiger partial charge in [0.1, 0.15) is 11.6 Å². The first-order valence-corrected chi connectivity index (χ1v) is 14.7. The Balaban J connectivity index is 2.21. The number of hydrogen-bond acceptors (Lipinski definition) is 8. The molecule has 11 nitrogen and oxygen atoms in total. The maximum Gasteiger partial charge on any atom is 0.409 e. The number of benzene rings is 1. The molecule has 12 heteroatoms. The molecule has 214 valence electrons. The summed E-state index contributed by atoms with van der Waals surface area (Å²) in [5.74, 6) is -0.347. The van der Waals surface area contributed by atoms with Crippen molar-refractivity contribution in [3.63, 3.8) is 0 Å². The number of nitrogens with one attached hydrogen (secondary N) is 1. The van der Waals surface area contributed by atoms with Gasteiger partial charge in [0.2, 0.25) is 5.91 Å². The number of ether oxygens (including phenoxy) is 2. The van der Waals surface area contributed by atoms with Crippen molar-refractivity contribution >= 4 is 31.0 Å². The highest BCUT2D eigenvalue weighted by Crippen LogP contribution is 2.46. The maximum atomic E-state index is 13.6. The fraction of sp³-hybridized carbons (Fsp3) is 0.654. The Morgan fingerprint density at radius 1 is 0.947 bits per heavy atom. The molecule has 1 fully saturated rings. The molecule has 0 spiro atoms. The Labute approximate surface area is 225 Å². The molecule has 0 aromatic heterocycles. The number of alkyl carbamates (subject to hydrolysis) is 1. The highest BCUT2D eigenvalue weighted by atomic mass is 31.2. The summed E-state index contributed by atoms with van der Waals surface area (Å²) in [7, 11) is -3.51. The fourth-order valence-corrected chi connectivity index (χ4v) is 5.34. The summed E-state index contributed by atoms with van der Waals surface area (Å²) in [5.41, 5.74) is -0.280. The molecule has 38 heavy (non-hydrogen) atoms. The van der Waals surface area contributed by atoms with Gasteiger partial charge in [-0.25, -0.2) is 9.59 Å². The van der Waals surface area contributed by atoms with Crippen LogP contribution in [0.2, 0.25) is 0 Å². The van der Waals surface area contributed by atoms with Gasteiger partial charge in [0.15, 0.2) is 0 Å². The molecule has 1 aromatic rings. The molecule has 1 aliphatic heterocycles. The molecule has 3 amide bonds. The second-order valence-electron chi connectivity index (χ2n) is 9.78.